The van der Waals surface area contributed by atoms with Crippen LogP contribution in [0.5, 0.6) is 0 Å². The molecule has 1 fully saturated rings. The van der Waals surface area contributed by atoms with E-state index in [1.54, 1.807) is 0 Å². The highest BCUT2D eigenvalue weighted by atomic mass is 14.7. The Balaban J connectivity index is 2.67. The third kappa shape index (κ3) is 1.64. The van der Waals surface area contributed by atoms with E-state index in [1.807, 2.05) is 0 Å². The molecule has 0 aromatic carbocycles. The first kappa shape index (κ1) is 10.0. The number of nitrogens with two attached hydrogens (primary N) is 2. The fourth-order valence-corrected chi connectivity index (χ4v) is 2.24. The lowest BCUT2D eigenvalue weighted by Crippen LogP contribution is -2.50. The maximum atomic E-state index is 6.10. The van der Waals surface area contributed by atoms with Crippen molar-refractivity contribution >= 4 is 0 Å². The number of rotatable bonds is 1. The van der Waals surface area contributed by atoms with Gasteiger partial charge in [-0.1, -0.05) is 20.8 Å². The van der Waals surface area contributed by atoms with Gasteiger partial charge in [-0.25, -0.2) is 0 Å². The molecule has 4 unspecified atom stereocenters. The van der Waals surface area contributed by atoms with Gasteiger partial charge < -0.3 is 11.5 Å². The molecule has 0 radical (unpaired) electrons. The molecule has 1 aliphatic rings. The molecule has 0 aliphatic heterocycles. The van der Waals surface area contributed by atoms with Gasteiger partial charge in [0.25, 0.3) is 0 Å². The Morgan fingerprint density at radius 1 is 1.33 bits per heavy atom. The molecule has 0 saturated heterocycles. The van der Waals surface area contributed by atoms with Crippen molar-refractivity contribution in [2.24, 2.45) is 28.7 Å². The molecule has 72 valence electrons. The summed E-state index contributed by atoms with van der Waals surface area (Å²) in [5.74, 6) is 1.54. The van der Waals surface area contributed by atoms with Crippen molar-refractivity contribution in [3.05, 3.63) is 0 Å². The predicted molar refractivity (Wildman–Crippen MR) is 52.7 cm³/mol. The molecule has 4 atom stereocenters. The Bertz CT molecular complexity index is 158. The van der Waals surface area contributed by atoms with E-state index in [1.165, 1.54) is 6.42 Å². The van der Waals surface area contributed by atoms with Crippen molar-refractivity contribution in [2.75, 3.05) is 6.54 Å². The molecule has 1 saturated carbocycles. The Kier molecular flexibility index (Phi) is 2.79. The van der Waals surface area contributed by atoms with E-state index in [2.05, 4.69) is 20.8 Å². The first-order chi connectivity index (χ1) is 5.49. The molecule has 0 bridgehead atoms. The van der Waals surface area contributed by atoms with Gasteiger partial charge in [-0.15, -0.1) is 0 Å². The van der Waals surface area contributed by atoms with Gasteiger partial charge in [-0.2, -0.15) is 0 Å². The van der Waals surface area contributed by atoms with Crippen molar-refractivity contribution in [3.63, 3.8) is 0 Å². The zero-order valence-electron chi connectivity index (χ0n) is 8.51. The van der Waals surface area contributed by atoms with Gasteiger partial charge >= 0.3 is 0 Å². The highest BCUT2D eigenvalue weighted by molar-refractivity contribution is 4.94. The SMILES string of the molecule is CC1CC(N)C(C)(CN)CC1C. The van der Waals surface area contributed by atoms with Crippen LogP contribution >= 0.6 is 0 Å². The summed E-state index contributed by atoms with van der Waals surface area (Å²) < 4.78 is 0. The number of hydrogen-bond acceptors (Lipinski definition) is 2. The van der Waals surface area contributed by atoms with E-state index in [4.69, 9.17) is 11.5 Å². The first-order valence-electron chi connectivity index (χ1n) is 4.95. The zero-order chi connectivity index (χ0) is 9.35. The second-order valence-corrected chi connectivity index (χ2v) is 4.86. The molecule has 0 amide bonds. The van der Waals surface area contributed by atoms with Crippen LogP contribution in [0.1, 0.15) is 33.6 Å². The average Bonchev–Trinajstić information content (AvgIpc) is 2.01. The quantitative estimate of drug-likeness (QED) is 0.624. The van der Waals surface area contributed by atoms with Crippen LogP contribution in [0.4, 0.5) is 0 Å². The van der Waals surface area contributed by atoms with E-state index < -0.39 is 0 Å². The van der Waals surface area contributed by atoms with Crippen molar-refractivity contribution in [2.45, 2.75) is 39.7 Å². The van der Waals surface area contributed by atoms with E-state index >= 15 is 0 Å². The molecule has 1 aliphatic carbocycles. The van der Waals surface area contributed by atoms with Gasteiger partial charge in [0, 0.05) is 6.04 Å². The zero-order valence-corrected chi connectivity index (χ0v) is 8.51. The normalized spacial score (nSPS) is 49.2. The van der Waals surface area contributed by atoms with E-state index in [0.29, 0.717) is 6.04 Å². The van der Waals surface area contributed by atoms with Crippen molar-refractivity contribution in [3.8, 4) is 0 Å². The summed E-state index contributed by atoms with van der Waals surface area (Å²) in [4.78, 5) is 0. The second kappa shape index (κ2) is 3.35. The minimum absolute atomic E-state index is 0.186. The predicted octanol–water partition coefficient (Wildman–Crippen LogP) is 1.34. The van der Waals surface area contributed by atoms with E-state index in [-0.39, 0.29) is 5.41 Å². The van der Waals surface area contributed by atoms with Crippen LogP contribution < -0.4 is 11.5 Å². The summed E-state index contributed by atoms with van der Waals surface area (Å²) in [6.45, 7) is 7.55. The minimum atomic E-state index is 0.186. The molecule has 4 N–H and O–H groups in total. The third-order valence-electron chi connectivity index (χ3n) is 3.75. The van der Waals surface area contributed by atoms with Gasteiger partial charge in [0.15, 0.2) is 0 Å². The van der Waals surface area contributed by atoms with Crippen LogP contribution in [-0.2, 0) is 0 Å². The maximum absolute atomic E-state index is 6.10. The van der Waals surface area contributed by atoms with Gasteiger partial charge in [-0.05, 0) is 36.6 Å². The van der Waals surface area contributed by atoms with E-state index in [9.17, 15) is 0 Å². The fourth-order valence-electron chi connectivity index (χ4n) is 2.24. The molecule has 0 spiro atoms. The molecule has 0 heterocycles. The average molecular weight is 170 g/mol. The molecule has 0 aromatic heterocycles. The Labute approximate surface area is 75.7 Å². The summed E-state index contributed by atoms with van der Waals surface area (Å²) in [5.41, 5.74) is 12.0. The van der Waals surface area contributed by atoms with Crippen molar-refractivity contribution < 1.29 is 0 Å². The Hall–Kier alpha value is -0.0800. The third-order valence-corrected chi connectivity index (χ3v) is 3.75. The van der Waals surface area contributed by atoms with Crippen molar-refractivity contribution in [1.29, 1.82) is 0 Å². The van der Waals surface area contributed by atoms with Crippen LogP contribution in [0, 0.1) is 17.3 Å². The number of hydrogen-bond donors (Lipinski definition) is 2. The molecular weight excluding hydrogens is 148 g/mol. The van der Waals surface area contributed by atoms with Gasteiger partial charge in [-0.3, -0.25) is 0 Å². The van der Waals surface area contributed by atoms with Crippen LogP contribution in [0.3, 0.4) is 0 Å². The lowest BCUT2D eigenvalue weighted by molar-refractivity contribution is 0.101. The van der Waals surface area contributed by atoms with Crippen molar-refractivity contribution in [1.82, 2.24) is 0 Å². The summed E-state index contributed by atoms with van der Waals surface area (Å²) in [6.07, 6.45) is 2.32. The monoisotopic (exact) mass is 170 g/mol. The lowest BCUT2D eigenvalue weighted by atomic mass is 9.64. The summed E-state index contributed by atoms with van der Waals surface area (Å²) in [7, 11) is 0. The minimum Gasteiger partial charge on any atom is -0.330 e. The van der Waals surface area contributed by atoms with Gasteiger partial charge in [0.05, 0.1) is 0 Å². The van der Waals surface area contributed by atoms with Crippen LogP contribution in [0.2, 0.25) is 0 Å². The summed E-state index contributed by atoms with van der Waals surface area (Å²) in [5, 5.41) is 0. The van der Waals surface area contributed by atoms with Gasteiger partial charge in [0.1, 0.15) is 0 Å². The lowest BCUT2D eigenvalue weighted by Gasteiger charge is -2.44. The topological polar surface area (TPSA) is 52.0 Å². The van der Waals surface area contributed by atoms with E-state index in [0.717, 1.165) is 24.8 Å². The van der Waals surface area contributed by atoms with Crippen LogP contribution in [-0.4, -0.2) is 12.6 Å². The summed E-state index contributed by atoms with van der Waals surface area (Å²) in [6, 6.07) is 0.300. The molecule has 1 rings (SSSR count). The largest absolute Gasteiger partial charge is 0.330 e. The van der Waals surface area contributed by atoms with Gasteiger partial charge in [0.2, 0.25) is 0 Å². The highest BCUT2D eigenvalue weighted by Gasteiger charge is 2.38. The fraction of sp³-hybridized carbons (Fsp3) is 1.00. The second-order valence-electron chi connectivity index (χ2n) is 4.86. The maximum Gasteiger partial charge on any atom is 0.0108 e. The highest BCUT2D eigenvalue weighted by Crippen LogP contribution is 2.40. The molecule has 2 nitrogen and oxygen atoms in total. The molecular formula is C10H22N2. The smallest absolute Gasteiger partial charge is 0.0108 e. The molecule has 12 heavy (non-hydrogen) atoms. The Morgan fingerprint density at radius 3 is 2.42 bits per heavy atom. The first-order valence-corrected chi connectivity index (χ1v) is 4.95. The summed E-state index contributed by atoms with van der Waals surface area (Å²) >= 11 is 0. The van der Waals surface area contributed by atoms with Crippen LogP contribution in [0.15, 0.2) is 0 Å². The Morgan fingerprint density at radius 2 is 1.92 bits per heavy atom. The van der Waals surface area contributed by atoms with Crippen LogP contribution in [0.25, 0.3) is 0 Å². The standard InChI is InChI=1S/C10H22N2/c1-7-4-9(12)10(3,6-11)5-8(7)2/h7-9H,4-6,11-12H2,1-3H3. The molecule has 0 aromatic rings. The molecule has 2 heteroatoms.